The molecule has 0 saturated carbocycles. The molecule has 0 saturated heterocycles. The van der Waals surface area contributed by atoms with Gasteiger partial charge in [0.05, 0.1) is 11.1 Å². The summed E-state index contributed by atoms with van der Waals surface area (Å²) in [7, 11) is 0. The zero-order chi connectivity index (χ0) is 19.4. The summed E-state index contributed by atoms with van der Waals surface area (Å²) in [5.41, 5.74) is 0.358. The van der Waals surface area contributed by atoms with Gasteiger partial charge in [0.25, 0.3) is 0 Å². The van der Waals surface area contributed by atoms with Gasteiger partial charge in [-0.15, -0.1) is 0 Å². The van der Waals surface area contributed by atoms with Crippen molar-refractivity contribution in [1.82, 2.24) is 9.88 Å². The highest BCUT2D eigenvalue weighted by Crippen LogP contribution is 2.29. The third-order valence-electron chi connectivity index (χ3n) is 4.18. The Morgan fingerprint density at radius 1 is 0.963 bits per heavy atom. The maximum atomic E-state index is 12.7. The Kier molecular flexibility index (Phi) is 5.30. The van der Waals surface area contributed by atoms with E-state index in [1.165, 1.54) is 16.7 Å². The van der Waals surface area contributed by atoms with Gasteiger partial charge in [-0.1, -0.05) is 30.3 Å². The molecular formula is C20H17F3N2O2. The minimum atomic E-state index is -4.42. The van der Waals surface area contributed by atoms with Gasteiger partial charge in [0, 0.05) is 31.0 Å². The van der Waals surface area contributed by atoms with Crippen molar-refractivity contribution in [2.75, 3.05) is 0 Å². The summed E-state index contributed by atoms with van der Waals surface area (Å²) >= 11 is 0. The highest BCUT2D eigenvalue weighted by atomic mass is 19.4. The van der Waals surface area contributed by atoms with E-state index in [1.807, 2.05) is 30.3 Å². The van der Waals surface area contributed by atoms with Crippen molar-refractivity contribution in [3.05, 3.63) is 71.9 Å². The number of para-hydroxylation sites is 1. The Hall–Kier alpha value is -3.09. The van der Waals surface area contributed by atoms with E-state index in [1.54, 1.807) is 6.20 Å². The summed E-state index contributed by atoms with van der Waals surface area (Å²) < 4.78 is 39.6. The average molecular weight is 374 g/mol. The molecule has 0 aliphatic rings. The molecule has 140 valence electrons. The van der Waals surface area contributed by atoms with E-state index in [2.05, 4.69) is 5.32 Å². The third-order valence-corrected chi connectivity index (χ3v) is 4.18. The van der Waals surface area contributed by atoms with Crippen LogP contribution in [0, 0.1) is 0 Å². The zero-order valence-corrected chi connectivity index (χ0v) is 14.3. The number of carbonyl (C=O) groups excluding carboxylic acids is 2. The first kappa shape index (κ1) is 18.7. The predicted molar refractivity (Wildman–Crippen MR) is 95.1 cm³/mol. The number of hydrogen-bond donors (Lipinski definition) is 1. The first-order chi connectivity index (χ1) is 12.8. The molecule has 1 amide bonds. The van der Waals surface area contributed by atoms with E-state index in [-0.39, 0.29) is 25.3 Å². The van der Waals surface area contributed by atoms with Crippen molar-refractivity contribution in [1.29, 1.82) is 0 Å². The number of nitrogens with zero attached hydrogens (tertiary/aromatic N) is 1. The predicted octanol–water partition coefficient (Wildman–Crippen LogP) is 4.40. The number of aromatic nitrogens is 1. The quantitative estimate of drug-likeness (QED) is 0.720. The van der Waals surface area contributed by atoms with Gasteiger partial charge in [-0.2, -0.15) is 13.2 Å². The molecule has 0 aliphatic heterocycles. The number of carbonyl (C=O) groups is 2. The fraction of sp³-hybridized carbons (Fsp3) is 0.200. The third kappa shape index (κ3) is 4.55. The highest BCUT2D eigenvalue weighted by molar-refractivity contribution is 5.93. The molecule has 3 rings (SSSR count). The molecule has 0 radical (unpaired) electrons. The number of halogens is 3. The second-order valence-corrected chi connectivity index (χ2v) is 6.11. The van der Waals surface area contributed by atoms with E-state index in [0.29, 0.717) is 5.56 Å². The Morgan fingerprint density at radius 2 is 1.74 bits per heavy atom. The van der Waals surface area contributed by atoms with Crippen LogP contribution < -0.4 is 5.32 Å². The maximum absolute atomic E-state index is 12.7. The van der Waals surface area contributed by atoms with Gasteiger partial charge in [-0.25, -0.2) is 0 Å². The summed E-state index contributed by atoms with van der Waals surface area (Å²) in [5, 5.41) is 3.48. The molecular weight excluding hydrogens is 357 g/mol. The van der Waals surface area contributed by atoms with Crippen LogP contribution in [0.1, 0.15) is 28.8 Å². The Labute approximate surface area is 153 Å². The van der Waals surface area contributed by atoms with Crippen molar-refractivity contribution in [2.24, 2.45) is 0 Å². The normalized spacial score (nSPS) is 11.5. The molecule has 1 aromatic heterocycles. The lowest BCUT2D eigenvalue weighted by Crippen LogP contribution is -2.24. The first-order valence-electron chi connectivity index (χ1n) is 8.37. The number of fused-ring (bicyclic) bond motifs is 1. The molecule has 1 heterocycles. The van der Waals surface area contributed by atoms with Gasteiger partial charge in [0.2, 0.25) is 11.8 Å². The smallest absolute Gasteiger partial charge is 0.352 e. The second kappa shape index (κ2) is 7.65. The van der Waals surface area contributed by atoms with Crippen LogP contribution >= 0.6 is 0 Å². The largest absolute Gasteiger partial charge is 0.416 e. The van der Waals surface area contributed by atoms with E-state index >= 15 is 0 Å². The Bertz CT molecular complexity index is 977. The summed E-state index contributed by atoms with van der Waals surface area (Å²) in [4.78, 5) is 24.3. The zero-order valence-electron chi connectivity index (χ0n) is 14.3. The molecule has 2 aromatic carbocycles. The molecule has 3 aromatic rings. The Balaban J connectivity index is 1.53. The van der Waals surface area contributed by atoms with Crippen LogP contribution in [0.5, 0.6) is 0 Å². The molecule has 0 spiro atoms. The van der Waals surface area contributed by atoms with Gasteiger partial charge >= 0.3 is 6.18 Å². The van der Waals surface area contributed by atoms with E-state index < -0.39 is 17.6 Å². The maximum Gasteiger partial charge on any atom is 0.416 e. The minimum absolute atomic E-state index is 0.00704. The molecule has 27 heavy (non-hydrogen) atoms. The first-order valence-corrected chi connectivity index (χ1v) is 8.37. The molecule has 0 bridgehead atoms. The van der Waals surface area contributed by atoms with Crippen LogP contribution in [-0.4, -0.2) is 16.4 Å². The summed E-state index contributed by atoms with van der Waals surface area (Å²) in [6.45, 7) is -0.0244. The van der Waals surface area contributed by atoms with Crippen LogP contribution in [-0.2, 0) is 17.5 Å². The fourth-order valence-corrected chi connectivity index (χ4v) is 2.79. The van der Waals surface area contributed by atoms with Crippen LogP contribution in [0.25, 0.3) is 10.9 Å². The number of amides is 1. The molecule has 0 fully saturated rings. The van der Waals surface area contributed by atoms with Crippen LogP contribution in [0.15, 0.2) is 60.8 Å². The lowest BCUT2D eigenvalue weighted by atomic mass is 10.1. The minimum Gasteiger partial charge on any atom is -0.352 e. The number of nitrogens with one attached hydrogen (secondary N) is 1. The standard InChI is InChI=1S/C20H17F3N2O2/c21-20(22,23)16-6-3-4-14(12-16)13-24-18(26)8-9-19(27)25-11-10-15-5-1-2-7-17(15)25/h1-7,10-12H,8-9,13H2,(H,24,26). The number of benzene rings is 2. The number of hydrogen-bond acceptors (Lipinski definition) is 2. The van der Waals surface area contributed by atoms with Crippen molar-refractivity contribution in [3.8, 4) is 0 Å². The second-order valence-electron chi connectivity index (χ2n) is 6.11. The van der Waals surface area contributed by atoms with Gasteiger partial charge in [0.1, 0.15) is 0 Å². The van der Waals surface area contributed by atoms with Crippen molar-refractivity contribution < 1.29 is 22.8 Å². The van der Waals surface area contributed by atoms with Gasteiger partial charge in [-0.3, -0.25) is 14.2 Å². The molecule has 7 heteroatoms. The lowest BCUT2D eigenvalue weighted by molar-refractivity contribution is -0.137. The summed E-state index contributed by atoms with van der Waals surface area (Å²) in [6, 6.07) is 14.0. The van der Waals surface area contributed by atoms with E-state index in [4.69, 9.17) is 0 Å². The van der Waals surface area contributed by atoms with Gasteiger partial charge in [-0.05, 0) is 29.8 Å². The van der Waals surface area contributed by atoms with E-state index in [0.717, 1.165) is 23.0 Å². The van der Waals surface area contributed by atoms with Crippen LogP contribution in [0.2, 0.25) is 0 Å². The van der Waals surface area contributed by atoms with Crippen molar-refractivity contribution >= 4 is 22.7 Å². The van der Waals surface area contributed by atoms with E-state index in [9.17, 15) is 22.8 Å². The monoisotopic (exact) mass is 374 g/mol. The summed E-state index contributed by atoms with van der Waals surface area (Å²) in [6.07, 6.45) is -2.79. The number of alkyl halides is 3. The Morgan fingerprint density at radius 3 is 2.52 bits per heavy atom. The molecule has 0 unspecified atom stereocenters. The van der Waals surface area contributed by atoms with Crippen molar-refractivity contribution in [2.45, 2.75) is 25.6 Å². The molecule has 1 N–H and O–H groups in total. The highest BCUT2D eigenvalue weighted by Gasteiger charge is 2.30. The lowest BCUT2D eigenvalue weighted by Gasteiger charge is -2.10. The number of rotatable bonds is 5. The molecule has 0 aliphatic carbocycles. The topological polar surface area (TPSA) is 51.1 Å². The van der Waals surface area contributed by atoms with Gasteiger partial charge in [0.15, 0.2) is 0 Å². The van der Waals surface area contributed by atoms with Gasteiger partial charge < -0.3 is 5.32 Å². The molecule has 0 atom stereocenters. The summed E-state index contributed by atoms with van der Waals surface area (Å²) in [5.74, 6) is -0.609. The molecule has 4 nitrogen and oxygen atoms in total. The fourth-order valence-electron chi connectivity index (χ4n) is 2.79. The van der Waals surface area contributed by atoms with Crippen LogP contribution in [0.3, 0.4) is 0 Å². The van der Waals surface area contributed by atoms with Crippen LogP contribution in [0.4, 0.5) is 13.2 Å². The SMILES string of the molecule is O=C(CCC(=O)n1ccc2ccccc21)NCc1cccc(C(F)(F)F)c1. The van der Waals surface area contributed by atoms with Crippen molar-refractivity contribution in [3.63, 3.8) is 0 Å². The average Bonchev–Trinajstić information content (AvgIpc) is 3.08.